The number of para-hydroxylation sites is 2. The Bertz CT molecular complexity index is 1240. The van der Waals surface area contributed by atoms with Gasteiger partial charge in [-0.15, -0.1) is 0 Å². The van der Waals surface area contributed by atoms with E-state index < -0.39 is 0 Å². The van der Waals surface area contributed by atoms with Crippen molar-refractivity contribution < 1.29 is 34.0 Å². The average Bonchev–Trinajstić information content (AvgIpc) is 2.95. The third-order valence-corrected chi connectivity index (χ3v) is 5.85. The van der Waals surface area contributed by atoms with Gasteiger partial charge in [0.05, 0.1) is 27.0 Å². The molecule has 0 unspecified atom stereocenters. The van der Waals surface area contributed by atoms with Crippen LogP contribution in [0.15, 0.2) is 60.7 Å². The fourth-order valence-corrected chi connectivity index (χ4v) is 3.73. The smallest absolute Gasteiger partial charge is 0.251 e. The van der Waals surface area contributed by atoms with Crippen molar-refractivity contribution >= 4 is 29.0 Å². The highest BCUT2D eigenvalue weighted by atomic mass is 16.5. The maximum atomic E-state index is 13.0. The number of phenols is 2. The first-order valence-corrected chi connectivity index (χ1v) is 12.8. The molecule has 0 aromatic heterocycles. The average molecular weight is 551 g/mol. The lowest BCUT2D eigenvalue weighted by Gasteiger charge is -2.14. The number of methoxy groups -OCH3 is 3. The first kappa shape index (κ1) is 31.6. The van der Waals surface area contributed by atoms with Gasteiger partial charge >= 0.3 is 0 Å². The number of carbonyl (C=O) groups excluding carboxylic acids is 2. The molecule has 0 radical (unpaired) electrons. The summed E-state index contributed by atoms with van der Waals surface area (Å²) in [5.41, 5.74) is 7.48. The summed E-state index contributed by atoms with van der Waals surface area (Å²) in [4.78, 5) is 24.1. The zero-order valence-corrected chi connectivity index (χ0v) is 23.4. The van der Waals surface area contributed by atoms with Crippen LogP contribution in [-0.2, 0) is 9.59 Å². The van der Waals surface area contributed by atoms with Gasteiger partial charge in [-0.1, -0.05) is 30.7 Å². The molecule has 0 bridgehead atoms. The first-order valence-electron chi connectivity index (χ1n) is 12.8. The zero-order chi connectivity index (χ0) is 29.5. The number of benzene rings is 3. The predicted octanol–water partition coefficient (Wildman–Crippen LogP) is 5.20. The van der Waals surface area contributed by atoms with Crippen LogP contribution in [0.3, 0.4) is 0 Å². The lowest BCUT2D eigenvalue weighted by Crippen LogP contribution is -2.25. The maximum Gasteiger partial charge on any atom is 0.251 e. The molecular formula is C31H38N2O7. The molecule has 0 aliphatic heterocycles. The van der Waals surface area contributed by atoms with E-state index in [9.17, 15) is 14.7 Å². The Hall–Kier alpha value is -4.66. The number of rotatable bonds is 12. The Labute approximate surface area is 235 Å². The topological polar surface area (TPSA) is 140 Å². The van der Waals surface area contributed by atoms with Gasteiger partial charge in [0.15, 0.2) is 11.5 Å². The van der Waals surface area contributed by atoms with Gasteiger partial charge in [0.1, 0.15) is 17.3 Å². The highest BCUT2D eigenvalue weighted by Gasteiger charge is 2.16. The molecule has 3 aromatic carbocycles. The molecule has 0 atom stereocenters. The van der Waals surface area contributed by atoms with Gasteiger partial charge in [0.2, 0.25) is 5.75 Å². The molecule has 40 heavy (non-hydrogen) atoms. The number of anilines is 1. The minimum absolute atomic E-state index is 0.117. The minimum atomic E-state index is -0.240. The van der Waals surface area contributed by atoms with Gasteiger partial charge in [-0.2, -0.15) is 0 Å². The normalized spacial score (nSPS) is 10.7. The number of nitrogen functional groups attached to an aromatic ring is 1. The Balaban J connectivity index is 0.000000598. The number of phenolic OH excluding ortho intramolecular Hbond substituents is 2. The Morgan fingerprint density at radius 2 is 1.50 bits per heavy atom. The quantitative estimate of drug-likeness (QED) is 0.0793. The third-order valence-electron chi connectivity index (χ3n) is 5.85. The van der Waals surface area contributed by atoms with E-state index in [-0.39, 0.29) is 23.2 Å². The predicted molar refractivity (Wildman–Crippen MR) is 157 cm³/mol. The zero-order valence-electron chi connectivity index (χ0n) is 23.4. The van der Waals surface area contributed by atoms with Gasteiger partial charge in [0.25, 0.3) is 5.91 Å². The van der Waals surface area contributed by atoms with Crippen LogP contribution in [0, 0.1) is 0 Å². The van der Waals surface area contributed by atoms with Crippen molar-refractivity contribution in [2.45, 2.75) is 32.6 Å². The van der Waals surface area contributed by atoms with Gasteiger partial charge in [0, 0.05) is 18.5 Å². The number of hydrogen-bond acceptors (Lipinski definition) is 8. The van der Waals surface area contributed by atoms with Crippen LogP contribution in [0.2, 0.25) is 0 Å². The Morgan fingerprint density at radius 1 is 0.875 bits per heavy atom. The Morgan fingerprint density at radius 3 is 2.00 bits per heavy atom. The van der Waals surface area contributed by atoms with E-state index in [1.165, 1.54) is 33.5 Å². The number of unbranched alkanes of at least 4 members (excludes halogenated alkanes) is 2. The monoisotopic (exact) mass is 550 g/mol. The number of nitrogens with one attached hydrogen (secondary N) is 1. The minimum Gasteiger partial charge on any atom is -0.508 e. The molecule has 0 fully saturated rings. The van der Waals surface area contributed by atoms with Crippen molar-refractivity contribution in [3.05, 3.63) is 71.8 Å². The van der Waals surface area contributed by atoms with E-state index in [4.69, 9.17) is 25.1 Å². The summed E-state index contributed by atoms with van der Waals surface area (Å²) in [7, 11) is 4.59. The van der Waals surface area contributed by atoms with E-state index in [1.807, 2.05) is 0 Å². The van der Waals surface area contributed by atoms with Crippen molar-refractivity contribution in [1.82, 2.24) is 5.32 Å². The summed E-state index contributed by atoms with van der Waals surface area (Å²) in [6.45, 7) is 2.08. The summed E-state index contributed by atoms with van der Waals surface area (Å²) in [6.07, 6.45) is 4.77. The first-order chi connectivity index (χ1) is 19.2. The van der Waals surface area contributed by atoms with Crippen molar-refractivity contribution in [2.24, 2.45) is 0 Å². The number of nitrogens with two attached hydrogens (primary N) is 1. The van der Waals surface area contributed by atoms with Gasteiger partial charge in [-0.25, -0.2) is 0 Å². The molecule has 0 saturated heterocycles. The molecule has 0 heterocycles. The van der Waals surface area contributed by atoms with Crippen LogP contribution in [0.25, 0.3) is 11.6 Å². The molecule has 9 heteroatoms. The van der Waals surface area contributed by atoms with E-state index >= 15 is 0 Å². The van der Waals surface area contributed by atoms with Crippen LogP contribution in [0.1, 0.15) is 43.7 Å². The van der Waals surface area contributed by atoms with Crippen molar-refractivity contribution in [3.63, 3.8) is 0 Å². The lowest BCUT2D eigenvalue weighted by molar-refractivity contribution is -0.117. The molecular weight excluding hydrogens is 512 g/mol. The van der Waals surface area contributed by atoms with E-state index in [0.717, 1.165) is 19.3 Å². The molecule has 0 saturated carbocycles. The molecule has 0 spiro atoms. The maximum absolute atomic E-state index is 13.0. The van der Waals surface area contributed by atoms with Crippen LogP contribution >= 0.6 is 0 Å². The second-order valence-corrected chi connectivity index (χ2v) is 8.89. The molecule has 3 rings (SSSR count). The number of aromatic hydroxyl groups is 2. The van der Waals surface area contributed by atoms with Crippen LogP contribution < -0.4 is 25.3 Å². The standard InChI is InChI=1S/C25H31NO6.C6H7NO/c1-17(27)8-6-5-7-13-26-25(29)21(19-9-11-20(28)12-10-19)14-18-15-22(30-2)24(32-4)23(16-18)31-3;7-5-3-1-2-4-6(5)8/h9-12,14-16,28H,5-8,13H2,1-4H3,(H,26,29);1-4,8H,7H2/b21-14-;. The van der Waals surface area contributed by atoms with E-state index in [0.29, 0.717) is 52.6 Å². The molecule has 5 N–H and O–H groups in total. The second-order valence-electron chi connectivity index (χ2n) is 8.89. The van der Waals surface area contributed by atoms with Crippen molar-refractivity contribution in [3.8, 4) is 28.7 Å². The fraction of sp³-hybridized carbons (Fsp3) is 0.290. The van der Waals surface area contributed by atoms with Gasteiger partial charge in [-0.05, 0) is 73.4 Å². The van der Waals surface area contributed by atoms with Crippen LogP contribution in [-0.4, -0.2) is 49.8 Å². The molecule has 3 aromatic rings. The molecule has 214 valence electrons. The SMILES string of the molecule is COc1cc(/C=C(\C(=O)NCCCCCC(C)=O)c2ccc(O)cc2)cc(OC)c1OC.Nc1ccccc1O. The highest BCUT2D eigenvalue weighted by molar-refractivity contribution is 6.24. The number of Topliss-reactive ketones (excluding diaryl/α,β-unsaturated/α-hetero) is 1. The lowest BCUT2D eigenvalue weighted by atomic mass is 10.0. The van der Waals surface area contributed by atoms with Gasteiger partial charge < -0.3 is 40.3 Å². The second kappa shape index (κ2) is 16.3. The molecule has 0 aliphatic rings. The number of amides is 1. The van der Waals surface area contributed by atoms with E-state index in [2.05, 4.69) is 5.32 Å². The van der Waals surface area contributed by atoms with Crippen molar-refractivity contribution in [2.75, 3.05) is 33.6 Å². The molecule has 9 nitrogen and oxygen atoms in total. The third kappa shape index (κ3) is 9.90. The fourth-order valence-electron chi connectivity index (χ4n) is 3.73. The summed E-state index contributed by atoms with van der Waals surface area (Å²) < 4.78 is 16.2. The highest BCUT2D eigenvalue weighted by Crippen LogP contribution is 2.39. The summed E-state index contributed by atoms with van der Waals surface area (Å²) in [5.74, 6) is 1.63. The number of ketones is 1. The molecule has 0 aliphatic carbocycles. The van der Waals surface area contributed by atoms with Crippen LogP contribution in [0.4, 0.5) is 5.69 Å². The number of hydrogen-bond donors (Lipinski definition) is 4. The Kier molecular flexibility index (Phi) is 12.9. The summed E-state index contributed by atoms with van der Waals surface area (Å²) in [5, 5.41) is 21.4. The summed E-state index contributed by atoms with van der Waals surface area (Å²) in [6, 6.07) is 16.7. The number of ether oxygens (including phenoxy) is 3. The number of carbonyl (C=O) groups is 2. The van der Waals surface area contributed by atoms with Crippen LogP contribution in [0.5, 0.6) is 28.7 Å². The molecule has 1 amide bonds. The van der Waals surface area contributed by atoms with Crippen molar-refractivity contribution in [1.29, 1.82) is 0 Å². The van der Waals surface area contributed by atoms with Gasteiger partial charge in [-0.3, -0.25) is 4.79 Å². The van der Waals surface area contributed by atoms with E-state index in [1.54, 1.807) is 61.5 Å². The summed E-state index contributed by atoms with van der Waals surface area (Å²) >= 11 is 0. The largest absolute Gasteiger partial charge is 0.508 e.